The number of carbonyl (C=O) groups is 3. The smallest absolute Gasteiger partial charge is 0.334 e. The minimum atomic E-state index is -0.657. The molecule has 0 aromatic heterocycles. The highest BCUT2D eigenvalue weighted by Gasteiger charge is 2.58. The average Bonchev–Trinajstić information content (AvgIpc) is 3.17. The largest absolute Gasteiger partial charge is 0.458 e. The first kappa shape index (κ1) is 21.3. The van der Waals surface area contributed by atoms with Crippen LogP contribution in [0.3, 0.4) is 0 Å². The van der Waals surface area contributed by atoms with Crippen molar-refractivity contribution < 1.29 is 33.3 Å². The lowest BCUT2D eigenvalue weighted by atomic mass is 9.82. The molecule has 2 fully saturated rings. The summed E-state index contributed by atoms with van der Waals surface area (Å²) in [5, 5.41) is 0. The molecule has 0 spiro atoms. The first-order valence-corrected chi connectivity index (χ1v) is 9.82. The maximum Gasteiger partial charge on any atom is 0.334 e. The summed E-state index contributed by atoms with van der Waals surface area (Å²) in [4.78, 5) is 36.3. The second-order valence-electron chi connectivity index (χ2n) is 8.20. The Labute approximate surface area is 170 Å². The van der Waals surface area contributed by atoms with Crippen molar-refractivity contribution in [3.8, 4) is 0 Å². The molecule has 0 N–H and O–H groups in total. The normalized spacial score (nSPS) is 38.7. The van der Waals surface area contributed by atoms with Crippen LogP contribution >= 0.6 is 0 Å². The second-order valence-corrected chi connectivity index (χ2v) is 8.20. The summed E-state index contributed by atoms with van der Waals surface area (Å²) < 4.78 is 22.7. The Morgan fingerprint density at radius 3 is 2.62 bits per heavy atom. The molecule has 0 radical (unpaired) electrons. The number of rotatable bonds is 3. The molecule has 2 saturated heterocycles. The van der Waals surface area contributed by atoms with Crippen molar-refractivity contribution in [1.29, 1.82) is 0 Å². The zero-order chi connectivity index (χ0) is 21.5. The summed E-state index contributed by atoms with van der Waals surface area (Å²) in [5.74, 6) is -1.89. The molecule has 0 saturated carbocycles. The van der Waals surface area contributed by atoms with Gasteiger partial charge >= 0.3 is 17.9 Å². The summed E-state index contributed by atoms with van der Waals surface area (Å²) in [6.45, 7) is 12.4. The van der Waals surface area contributed by atoms with Crippen LogP contribution in [0.1, 0.15) is 47.5 Å². The number of carbonyl (C=O) groups excluding carboxylic acids is 3. The third-order valence-corrected chi connectivity index (χ3v) is 5.99. The highest BCUT2D eigenvalue weighted by atomic mass is 16.6. The van der Waals surface area contributed by atoms with Gasteiger partial charge in [0.1, 0.15) is 18.3 Å². The van der Waals surface area contributed by atoms with E-state index in [4.69, 9.17) is 18.9 Å². The zero-order valence-corrected chi connectivity index (χ0v) is 17.5. The number of hydrogen-bond acceptors (Lipinski definition) is 7. The van der Waals surface area contributed by atoms with Crippen LogP contribution in [0, 0.1) is 5.92 Å². The van der Waals surface area contributed by atoms with Crippen molar-refractivity contribution in [3.63, 3.8) is 0 Å². The molecular formula is C22H28O7. The van der Waals surface area contributed by atoms with E-state index in [1.54, 1.807) is 26.0 Å². The third-order valence-electron chi connectivity index (χ3n) is 5.99. The van der Waals surface area contributed by atoms with Gasteiger partial charge < -0.3 is 18.9 Å². The van der Waals surface area contributed by atoms with E-state index in [-0.39, 0.29) is 17.6 Å². The Balaban J connectivity index is 1.99. The standard InChI is InChI=1S/C22H28O7/c1-7-11(2)20(24)28-17-10-22(6)18(29-22)9-15(26-14(5)23)12(3)8-16-19(17)13(4)21(25)27-16/h7-8,15-19H,4,9-10H2,1-3,5-6H3/b11-7+,12-8-/t15-,16-,17+,18+,19-,22+/m0/s1. The number of ether oxygens (including phenoxy) is 4. The van der Waals surface area contributed by atoms with Crippen LogP contribution in [0.4, 0.5) is 0 Å². The number of epoxide rings is 1. The summed E-state index contributed by atoms with van der Waals surface area (Å²) in [6.07, 6.45) is 2.40. The second kappa shape index (κ2) is 7.78. The number of esters is 3. The molecule has 0 aromatic rings. The van der Waals surface area contributed by atoms with E-state index < -0.39 is 41.8 Å². The van der Waals surface area contributed by atoms with Crippen molar-refractivity contribution in [2.75, 3.05) is 0 Å². The van der Waals surface area contributed by atoms with Crippen molar-refractivity contribution in [3.05, 3.63) is 35.5 Å². The minimum Gasteiger partial charge on any atom is -0.458 e. The van der Waals surface area contributed by atoms with E-state index in [2.05, 4.69) is 6.58 Å². The molecule has 7 heteroatoms. The predicted octanol–water partition coefficient (Wildman–Crippen LogP) is 2.79. The molecule has 2 heterocycles. The molecule has 2 aliphatic heterocycles. The van der Waals surface area contributed by atoms with Gasteiger partial charge in [-0.05, 0) is 39.3 Å². The number of allylic oxidation sites excluding steroid dienone is 1. The van der Waals surface area contributed by atoms with Crippen LogP contribution in [0.5, 0.6) is 0 Å². The van der Waals surface area contributed by atoms with Gasteiger partial charge in [-0.1, -0.05) is 12.7 Å². The molecule has 3 aliphatic rings. The predicted molar refractivity (Wildman–Crippen MR) is 104 cm³/mol. The fraction of sp³-hybridized carbons (Fsp3) is 0.591. The molecule has 3 rings (SSSR count). The van der Waals surface area contributed by atoms with Gasteiger partial charge in [0.15, 0.2) is 0 Å². The van der Waals surface area contributed by atoms with E-state index in [9.17, 15) is 14.4 Å². The summed E-state index contributed by atoms with van der Waals surface area (Å²) in [7, 11) is 0. The van der Waals surface area contributed by atoms with Crippen LogP contribution in [-0.2, 0) is 33.3 Å². The molecule has 6 atom stereocenters. The maximum atomic E-state index is 12.5. The lowest BCUT2D eigenvalue weighted by Gasteiger charge is -2.29. The van der Waals surface area contributed by atoms with Gasteiger partial charge in [0.05, 0.1) is 17.6 Å². The summed E-state index contributed by atoms with van der Waals surface area (Å²) in [5.41, 5.74) is 0.948. The number of hydrogen-bond donors (Lipinski definition) is 0. The van der Waals surface area contributed by atoms with Gasteiger partial charge in [0, 0.05) is 30.9 Å². The Kier molecular flexibility index (Phi) is 5.72. The maximum absolute atomic E-state index is 12.5. The Hall–Kier alpha value is -2.41. The van der Waals surface area contributed by atoms with E-state index >= 15 is 0 Å². The van der Waals surface area contributed by atoms with Crippen LogP contribution in [-0.4, -0.2) is 47.9 Å². The van der Waals surface area contributed by atoms with Crippen molar-refractivity contribution in [1.82, 2.24) is 0 Å². The van der Waals surface area contributed by atoms with Gasteiger partial charge in [0.2, 0.25) is 0 Å². The average molecular weight is 404 g/mol. The van der Waals surface area contributed by atoms with Crippen LogP contribution < -0.4 is 0 Å². The number of fused-ring (bicyclic) bond motifs is 2. The van der Waals surface area contributed by atoms with E-state index in [1.165, 1.54) is 6.92 Å². The summed E-state index contributed by atoms with van der Waals surface area (Å²) >= 11 is 0. The van der Waals surface area contributed by atoms with Gasteiger partial charge in [-0.2, -0.15) is 0 Å². The topological polar surface area (TPSA) is 91.4 Å². The molecule has 158 valence electrons. The minimum absolute atomic E-state index is 0.151. The molecule has 0 aromatic carbocycles. The first-order valence-electron chi connectivity index (χ1n) is 9.82. The SMILES string of the molecule is C=C1C(=O)O[C@H]2/C=C(/C)[C@@H](OC(C)=O)C[C@H]3O[C@]3(C)C[C@@H](OC(=O)/C(C)=C/C)[C@@H]12. The molecule has 0 bridgehead atoms. The highest BCUT2D eigenvalue weighted by Crippen LogP contribution is 2.48. The molecule has 7 nitrogen and oxygen atoms in total. The zero-order valence-electron chi connectivity index (χ0n) is 17.5. The molecule has 1 aliphatic carbocycles. The van der Waals surface area contributed by atoms with E-state index in [1.807, 2.05) is 13.8 Å². The van der Waals surface area contributed by atoms with Crippen molar-refractivity contribution >= 4 is 17.9 Å². The van der Waals surface area contributed by atoms with Gasteiger partial charge in [-0.3, -0.25) is 4.79 Å². The van der Waals surface area contributed by atoms with Crippen molar-refractivity contribution in [2.24, 2.45) is 5.92 Å². The molecular weight excluding hydrogens is 376 g/mol. The monoisotopic (exact) mass is 404 g/mol. The van der Waals surface area contributed by atoms with Gasteiger partial charge in [-0.25, -0.2) is 9.59 Å². The third kappa shape index (κ3) is 4.29. The molecule has 0 unspecified atom stereocenters. The lowest BCUT2D eigenvalue weighted by Crippen LogP contribution is -2.38. The first-order chi connectivity index (χ1) is 13.6. The summed E-state index contributed by atoms with van der Waals surface area (Å²) in [6, 6.07) is 0. The van der Waals surface area contributed by atoms with E-state index in [0.717, 1.165) is 5.57 Å². The molecule has 29 heavy (non-hydrogen) atoms. The fourth-order valence-corrected chi connectivity index (χ4v) is 4.03. The quantitative estimate of drug-likeness (QED) is 0.235. The Morgan fingerprint density at radius 1 is 1.31 bits per heavy atom. The van der Waals surface area contributed by atoms with Gasteiger partial charge in [-0.15, -0.1) is 0 Å². The van der Waals surface area contributed by atoms with Gasteiger partial charge in [0.25, 0.3) is 0 Å². The lowest BCUT2D eigenvalue weighted by molar-refractivity contribution is -0.149. The highest BCUT2D eigenvalue weighted by molar-refractivity contribution is 5.92. The van der Waals surface area contributed by atoms with Crippen LogP contribution in [0.2, 0.25) is 0 Å². The Morgan fingerprint density at radius 2 is 2.00 bits per heavy atom. The fourth-order valence-electron chi connectivity index (χ4n) is 4.03. The Bertz CT molecular complexity index is 808. The van der Waals surface area contributed by atoms with E-state index in [0.29, 0.717) is 18.4 Å². The molecule has 0 amide bonds. The van der Waals surface area contributed by atoms with Crippen LogP contribution in [0.25, 0.3) is 0 Å². The van der Waals surface area contributed by atoms with Crippen molar-refractivity contribution in [2.45, 2.75) is 77.5 Å². The van der Waals surface area contributed by atoms with Crippen LogP contribution in [0.15, 0.2) is 35.5 Å².